The maximum atomic E-state index is 5.89. The number of nitrogens with zero attached hydrogens (tertiary/aromatic N) is 1. The lowest BCUT2D eigenvalue weighted by Gasteiger charge is -2.40. The van der Waals surface area contributed by atoms with Crippen LogP contribution < -0.4 is 5.32 Å². The van der Waals surface area contributed by atoms with Gasteiger partial charge in [-0.25, -0.2) is 0 Å². The van der Waals surface area contributed by atoms with E-state index in [9.17, 15) is 0 Å². The van der Waals surface area contributed by atoms with Crippen molar-refractivity contribution in [2.45, 2.75) is 64.6 Å². The molecule has 0 aromatic carbocycles. The van der Waals surface area contributed by atoms with Crippen molar-refractivity contribution < 1.29 is 4.74 Å². The zero-order chi connectivity index (χ0) is 13.0. The van der Waals surface area contributed by atoms with E-state index in [4.69, 9.17) is 4.74 Å². The molecule has 0 amide bonds. The van der Waals surface area contributed by atoms with Gasteiger partial charge in [0.2, 0.25) is 0 Å². The number of fused-ring (bicyclic) bond motifs is 1. The van der Waals surface area contributed by atoms with Crippen LogP contribution in [0.3, 0.4) is 0 Å². The van der Waals surface area contributed by atoms with Gasteiger partial charge in [0.15, 0.2) is 0 Å². The van der Waals surface area contributed by atoms with Crippen molar-refractivity contribution in [2.75, 3.05) is 26.2 Å². The number of morpholine rings is 1. The van der Waals surface area contributed by atoms with Crippen molar-refractivity contribution in [2.24, 2.45) is 5.92 Å². The molecular formula is C15H30N2O. The zero-order valence-electron chi connectivity index (χ0n) is 12.3. The van der Waals surface area contributed by atoms with E-state index in [1.165, 1.54) is 32.2 Å². The summed E-state index contributed by atoms with van der Waals surface area (Å²) in [4.78, 5) is 2.69. The lowest BCUT2D eigenvalue weighted by atomic mass is 10.0. The van der Waals surface area contributed by atoms with Crippen molar-refractivity contribution in [3.05, 3.63) is 0 Å². The topological polar surface area (TPSA) is 24.5 Å². The molecule has 1 N–H and O–H groups in total. The van der Waals surface area contributed by atoms with Gasteiger partial charge in [-0.2, -0.15) is 0 Å². The molecule has 0 bridgehead atoms. The first-order valence-corrected chi connectivity index (χ1v) is 7.81. The minimum Gasteiger partial charge on any atom is -0.375 e. The van der Waals surface area contributed by atoms with Crippen LogP contribution in [0.15, 0.2) is 0 Å². The summed E-state index contributed by atoms with van der Waals surface area (Å²) in [5, 5.41) is 3.71. The third-order valence-corrected chi connectivity index (χ3v) is 4.49. The molecule has 3 nitrogen and oxygen atoms in total. The molecule has 2 aliphatic rings. The van der Waals surface area contributed by atoms with E-state index < -0.39 is 0 Å². The van der Waals surface area contributed by atoms with Gasteiger partial charge in [-0.1, -0.05) is 20.8 Å². The Labute approximate surface area is 112 Å². The van der Waals surface area contributed by atoms with E-state index in [0.717, 1.165) is 19.7 Å². The summed E-state index contributed by atoms with van der Waals surface area (Å²) in [5.41, 5.74) is 0. The van der Waals surface area contributed by atoms with Crippen molar-refractivity contribution >= 4 is 0 Å². The number of ether oxygens (including phenoxy) is 1. The molecule has 0 aromatic rings. The Bertz CT molecular complexity index is 245. The Balaban J connectivity index is 1.88. The van der Waals surface area contributed by atoms with Crippen molar-refractivity contribution in [3.63, 3.8) is 0 Å². The molecule has 0 aromatic heterocycles. The monoisotopic (exact) mass is 254 g/mol. The summed E-state index contributed by atoms with van der Waals surface area (Å²) in [6.07, 6.45) is 5.70. The highest BCUT2D eigenvalue weighted by Crippen LogP contribution is 2.29. The molecule has 1 aliphatic heterocycles. The molecule has 1 aliphatic carbocycles. The van der Waals surface area contributed by atoms with Crippen LogP contribution in [0.25, 0.3) is 0 Å². The fourth-order valence-electron chi connectivity index (χ4n) is 3.33. The van der Waals surface area contributed by atoms with Crippen LogP contribution >= 0.6 is 0 Å². The van der Waals surface area contributed by atoms with Gasteiger partial charge in [-0.15, -0.1) is 0 Å². The van der Waals surface area contributed by atoms with Crippen molar-refractivity contribution in [1.82, 2.24) is 10.2 Å². The van der Waals surface area contributed by atoms with E-state index in [2.05, 4.69) is 31.0 Å². The van der Waals surface area contributed by atoms with E-state index >= 15 is 0 Å². The van der Waals surface area contributed by atoms with Crippen LogP contribution in [-0.4, -0.2) is 49.3 Å². The highest BCUT2D eigenvalue weighted by Gasteiger charge is 2.36. The third-order valence-electron chi connectivity index (χ3n) is 4.49. The minimum absolute atomic E-state index is 0.526. The van der Waals surface area contributed by atoms with Gasteiger partial charge in [-0.05, 0) is 38.1 Å². The molecule has 18 heavy (non-hydrogen) atoms. The standard InChI is InChI=1S/C15H30N2O/c1-4-8-16-13(12(2)3)11-17-9-10-18-15-7-5-6-14(15)17/h12-16H,4-11H2,1-3H3. The smallest absolute Gasteiger partial charge is 0.0730 e. The average molecular weight is 254 g/mol. The Hall–Kier alpha value is -0.120. The van der Waals surface area contributed by atoms with E-state index in [1.54, 1.807) is 0 Å². The first kappa shape index (κ1) is 14.3. The predicted molar refractivity (Wildman–Crippen MR) is 75.9 cm³/mol. The highest BCUT2D eigenvalue weighted by atomic mass is 16.5. The van der Waals surface area contributed by atoms with Gasteiger partial charge in [0.25, 0.3) is 0 Å². The van der Waals surface area contributed by atoms with Crippen LogP contribution in [0.2, 0.25) is 0 Å². The van der Waals surface area contributed by atoms with Crippen LogP contribution in [0, 0.1) is 5.92 Å². The van der Waals surface area contributed by atoms with Gasteiger partial charge >= 0.3 is 0 Å². The second-order valence-electron chi connectivity index (χ2n) is 6.21. The molecule has 3 heteroatoms. The Morgan fingerprint density at radius 2 is 2.17 bits per heavy atom. The quantitative estimate of drug-likeness (QED) is 0.787. The van der Waals surface area contributed by atoms with Gasteiger partial charge in [0.05, 0.1) is 12.7 Å². The highest BCUT2D eigenvalue weighted by molar-refractivity contribution is 4.91. The summed E-state index contributed by atoms with van der Waals surface area (Å²) in [6.45, 7) is 11.3. The summed E-state index contributed by atoms with van der Waals surface area (Å²) >= 11 is 0. The fraction of sp³-hybridized carbons (Fsp3) is 1.00. The summed E-state index contributed by atoms with van der Waals surface area (Å²) in [7, 11) is 0. The second kappa shape index (κ2) is 6.88. The fourth-order valence-corrected chi connectivity index (χ4v) is 3.33. The molecular weight excluding hydrogens is 224 g/mol. The molecule has 106 valence electrons. The van der Waals surface area contributed by atoms with E-state index in [-0.39, 0.29) is 0 Å². The van der Waals surface area contributed by atoms with Crippen LogP contribution in [0.1, 0.15) is 46.5 Å². The minimum atomic E-state index is 0.526. The van der Waals surface area contributed by atoms with Crippen LogP contribution in [-0.2, 0) is 4.74 Å². The predicted octanol–water partition coefficient (Wildman–Crippen LogP) is 2.26. The Morgan fingerprint density at radius 1 is 1.33 bits per heavy atom. The zero-order valence-corrected chi connectivity index (χ0v) is 12.3. The van der Waals surface area contributed by atoms with E-state index in [0.29, 0.717) is 24.1 Å². The molecule has 2 fully saturated rings. The van der Waals surface area contributed by atoms with Crippen LogP contribution in [0.5, 0.6) is 0 Å². The molecule has 1 saturated heterocycles. The normalized spacial score (nSPS) is 30.7. The number of rotatable bonds is 6. The number of hydrogen-bond donors (Lipinski definition) is 1. The maximum Gasteiger partial charge on any atom is 0.0730 e. The van der Waals surface area contributed by atoms with Crippen LogP contribution in [0.4, 0.5) is 0 Å². The van der Waals surface area contributed by atoms with Gasteiger partial charge < -0.3 is 10.1 Å². The molecule has 1 saturated carbocycles. The van der Waals surface area contributed by atoms with Crippen molar-refractivity contribution in [3.8, 4) is 0 Å². The lowest BCUT2D eigenvalue weighted by Crippen LogP contribution is -2.54. The summed E-state index contributed by atoms with van der Waals surface area (Å²) < 4.78 is 5.89. The molecule has 3 unspecified atom stereocenters. The third kappa shape index (κ3) is 3.46. The second-order valence-corrected chi connectivity index (χ2v) is 6.21. The largest absolute Gasteiger partial charge is 0.375 e. The lowest BCUT2D eigenvalue weighted by molar-refractivity contribution is -0.0595. The van der Waals surface area contributed by atoms with Gasteiger partial charge in [0, 0.05) is 25.2 Å². The maximum absolute atomic E-state index is 5.89. The van der Waals surface area contributed by atoms with Gasteiger partial charge in [-0.3, -0.25) is 4.90 Å². The molecule has 3 atom stereocenters. The molecule has 0 radical (unpaired) electrons. The SMILES string of the molecule is CCCNC(CN1CCOC2CCCC21)C(C)C. The molecule has 2 rings (SSSR count). The first-order chi connectivity index (χ1) is 8.72. The molecule has 1 heterocycles. The molecule has 0 spiro atoms. The van der Waals surface area contributed by atoms with Crippen molar-refractivity contribution in [1.29, 1.82) is 0 Å². The average Bonchev–Trinajstić information content (AvgIpc) is 2.83. The summed E-state index contributed by atoms with van der Waals surface area (Å²) in [5.74, 6) is 0.708. The van der Waals surface area contributed by atoms with Gasteiger partial charge in [0.1, 0.15) is 0 Å². The summed E-state index contributed by atoms with van der Waals surface area (Å²) in [6, 6.07) is 1.33. The Morgan fingerprint density at radius 3 is 2.89 bits per heavy atom. The number of hydrogen-bond acceptors (Lipinski definition) is 3. The van der Waals surface area contributed by atoms with E-state index in [1.807, 2.05) is 0 Å². The Kier molecular flexibility index (Phi) is 5.46. The first-order valence-electron chi connectivity index (χ1n) is 7.81. The number of nitrogens with one attached hydrogen (secondary N) is 1.